The molecule has 2 aromatic carbocycles. The first-order valence-corrected chi connectivity index (χ1v) is 12.5. The largest absolute Gasteiger partial charge is 0.508 e. The highest BCUT2D eigenvalue weighted by Crippen LogP contribution is 2.32. The van der Waals surface area contributed by atoms with Crippen molar-refractivity contribution in [2.75, 3.05) is 19.6 Å². The molecule has 1 fully saturated rings. The molecule has 0 aliphatic carbocycles. The van der Waals surface area contributed by atoms with Gasteiger partial charge >= 0.3 is 0 Å². The first-order valence-electron chi connectivity index (χ1n) is 11.1. The highest BCUT2D eigenvalue weighted by Gasteiger charge is 2.42. The van der Waals surface area contributed by atoms with E-state index in [2.05, 4.69) is 0 Å². The van der Waals surface area contributed by atoms with Crippen molar-refractivity contribution >= 4 is 21.5 Å². The number of aromatic hydroxyl groups is 1. The van der Waals surface area contributed by atoms with Crippen molar-refractivity contribution in [3.8, 4) is 5.75 Å². The van der Waals surface area contributed by atoms with Crippen LogP contribution in [0.2, 0.25) is 0 Å². The minimum Gasteiger partial charge on any atom is -0.508 e. The molecule has 1 unspecified atom stereocenters. The average molecular weight is 455 g/mol. The van der Waals surface area contributed by atoms with E-state index in [-0.39, 0.29) is 11.7 Å². The van der Waals surface area contributed by atoms with Crippen molar-refractivity contribution < 1.29 is 18.3 Å². The van der Waals surface area contributed by atoms with Gasteiger partial charge in [0, 0.05) is 19.6 Å². The van der Waals surface area contributed by atoms with E-state index in [4.69, 9.17) is 0 Å². The molecule has 1 amide bonds. The van der Waals surface area contributed by atoms with Crippen molar-refractivity contribution in [2.24, 2.45) is 0 Å². The average Bonchev–Trinajstić information content (AvgIpc) is 3.24. The van der Waals surface area contributed by atoms with Crippen LogP contribution in [0.4, 0.5) is 0 Å². The number of phenols is 1. The molecule has 6 nitrogen and oxygen atoms in total. The van der Waals surface area contributed by atoms with Gasteiger partial charge in [0.1, 0.15) is 11.8 Å². The molecule has 0 bridgehead atoms. The van der Waals surface area contributed by atoms with Crippen molar-refractivity contribution in [3.63, 3.8) is 0 Å². The highest BCUT2D eigenvalue weighted by atomic mass is 32.2. The number of sulfonamides is 1. The third-order valence-corrected chi connectivity index (χ3v) is 8.63. The molecule has 1 N–H and O–H groups in total. The summed E-state index contributed by atoms with van der Waals surface area (Å²) in [5, 5.41) is 9.49. The predicted octanol–water partition coefficient (Wildman–Crippen LogP) is 3.79. The van der Waals surface area contributed by atoms with Gasteiger partial charge in [-0.2, -0.15) is 4.31 Å². The van der Waals surface area contributed by atoms with Gasteiger partial charge < -0.3 is 10.0 Å². The van der Waals surface area contributed by atoms with Crippen LogP contribution in [0.15, 0.2) is 47.4 Å². The zero-order valence-electron chi connectivity index (χ0n) is 18.8. The summed E-state index contributed by atoms with van der Waals surface area (Å²) in [6.45, 7) is 6.98. The zero-order valence-corrected chi connectivity index (χ0v) is 19.7. The Labute approximate surface area is 190 Å². The molecule has 1 saturated heterocycles. The Morgan fingerprint density at radius 1 is 1.03 bits per heavy atom. The molecule has 0 aromatic heterocycles. The predicted molar refractivity (Wildman–Crippen MR) is 125 cm³/mol. The Hall–Kier alpha value is -2.64. The molecule has 1 atom stereocenters. The smallest absolute Gasteiger partial charge is 0.244 e. The van der Waals surface area contributed by atoms with Gasteiger partial charge in [-0.1, -0.05) is 35.9 Å². The fourth-order valence-corrected chi connectivity index (χ4v) is 7.05. The minimum absolute atomic E-state index is 0.116. The van der Waals surface area contributed by atoms with Crippen LogP contribution in [0.5, 0.6) is 5.75 Å². The first-order chi connectivity index (χ1) is 15.2. The maximum absolute atomic E-state index is 13.6. The van der Waals surface area contributed by atoms with Crippen LogP contribution < -0.4 is 0 Å². The molecule has 0 radical (unpaired) electrons. The Balaban J connectivity index is 1.54. The number of carbonyl (C=O) groups is 1. The summed E-state index contributed by atoms with van der Waals surface area (Å²) in [5.74, 6) is 0.109. The van der Waals surface area contributed by atoms with Gasteiger partial charge in [-0.05, 0) is 74.4 Å². The van der Waals surface area contributed by atoms with Crippen molar-refractivity contribution in [2.45, 2.75) is 51.0 Å². The van der Waals surface area contributed by atoms with Gasteiger partial charge in [0.25, 0.3) is 0 Å². The molecule has 0 saturated carbocycles. The molecule has 0 spiro atoms. The third-order valence-electron chi connectivity index (χ3n) is 6.42. The summed E-state index contributed by atoms with van der Waals surface area (Å²) in [6.07, 6.45) is 3.96. The van der Waals surface area contributed by atoms with E-state index < -0.39 is 16.1 Å². The number of phenolic OH excluding ortho intramolecular Hbond substituents is 1. The summed E-state index contributed by atoms with van der Waals surface area (Å²) < 4.78 is 28.6. The Bertz CT molecular complexity index is 1150. The van der Waals surface area contributed by atoms with Gasteiger partial charge in [0.15, 0.2) is 0 Å². The van der Waals surface area contributed by atoms with E-state index in [1.807, 2.05) is 51.1 Å². The number of hydrogen-bond acceptors (Lipinski definition) is 4. The summed E-state index contributed by atoms with van der Waals surface area (Å²) in [4.78, 5) is 15.4. The van der Waals surface area contributed by atoms with E-state index in [1.165, 1.54) is 4.31 Å². The van der Waals surface area contributed by atoms with Gasteiger partial charge in [0.2, 0.25) is 15.9 Å². The molecule has 2 aromatic rings. The summed E-state index contributed by atoms with van der Waals surface area (Å²) >= 11 is 0. The van der Waals surface area contributed by atoms with Gasteiger partial charge in [0.05, 0.1) is 4.90 Å². The van der Waals surface area contributed by atoms with Crippen LogP contribution in [0, 0.1) is 20.8 Å². The minimum atomic E-state index is -3.76. The van der Waals surface area contributed by atoms with Crippen molar-refractivity contribution in [1.82, 2.24) is 9.21 Å². The highest BCUT2D eigenvalue weighted by molar-refractivity contribution is 7.89. The second kappa shape index (κ2) is 8.71. The standard InChI is InChI=1S/C25H30N2O4S/c1-17-15-18(2)24(19(3)16-17)32(30,31)27-12-4-5-23(27)25(29)26-13-10-21(11-14-26)20-6-8-22(28)9-7-20/h6-10,15-16,23,28H,4-5,11-14H2,1-3H3. The van der Waals surface area contributed by atoms with E-state index in [9.17, 15) is 18.3 Å². The number of hydrogen-bond donors (Lipinski definition) is 1. The molecule has 4 rings (SSSR count). The fraction of sp³-hybridized carbons (Fsp3) is 0.400. The lowest BCUT2D eigenvalue weighted by atomic mass is 9.99. The molecular formula is C25H30N2O4S. The second-order valence-corrected chi connectivity index (χ2v) is 10.6. The van der Waals surface area contributed by atoms with E-state index >= 15 is 0 Å². The quantitative estimate of drug-likeness (QED) is 0.763. The van der Waals surface area contributed by atoms with E-state index in [1.54, 1.807) is 17.0 Å². The molecule has 170 valence electrons. The zero-order chi connectivity index (χ0) is 23.0. The van der Waals surface area contributed by atoms with E-state index in [0.717, 1.165) is 27.8 Å². The van der Waals surface area contributed by atoms with Crippen LogP contribution in [-0.2, 0) is 14.8 Å². The number of amides is 1. The SMILES string of the molecule is Cc1cc(C)c(S(=O)(=O)N2CCCC2C(=O)N2CC=C(c3ccc(O)cc3)CC2)c(C)c1. The lowest BCUT2D eigenvalue weighted by Gasteiger charge is -2.32. The molecule has 2 aliphatic heterocycles. The van der Waals surface area contributed by atoms with Gasteiger partial charge in [-0.25, -0.2) is 8.42 Å². The third kappa shape index (κ3) is 4.19. The normalized spacial score (nSPS) is 19.8. The Kier molecular flexibility index (Phi) is 6.14. The van der Waals surface area contributed by atoms with Crippen LogP contribution >= 0.6 is 0 Å². The Morgan fingerprint density at radius 3 is 2.28 bits per heavy atom. The monoisotopic (exact) mass is 454 g/mol. The maximum atomic E-state index is 13.6. The van der Waals surface area contributed by atoms with Gasteiger partial charge in [-0.15, -0.1) is 0 Å². The Morgan fingerprint density at radius 2 is 1.69 bits per heavy atom. The van der Waals surface area contributed by atoms with E-state index in [0.29, 0.717) is 43.8 Å². The summed E-state index contributed by atoms with van der Waals surface area (Å²) in [6, 6.07) is 10.2. The number of carbonyl (C=O) groups excluding carboxylic acids is 1. The van der Waals surface area contributed by atoms with Crippen LogP contribution in [0.1, 0.15) is 41.5 Å². The molecule has 32 heavy (non-hydrogen) atoms. The van der Waals surface area contributed by atoms with Crippen LogP contribution in [0.25, 0.3) is 5.57 Å². The lowest BCUT2D eigenvalue weighted by molar-refractivity contribution is -0.134. The molecule has 7 heteroatoms. The molecule has 2 heterocycles. The summed E-state index contributed by atoms with van der Waals surface area (Å²) in [5.41, 5.74) is 4.64. The van der Waals surface area contributed by atoms with Crippen molar-refractivity contribution in [1.29, 1.82) is 0 Å². The van der Waals surface area contributed by atoms with Crippen LogP contribution in [-0.4, -0.2) is 54.3 Å². The number of nitrogens with zero attached hydrogens (tertiary/aromatic N) is 2. The van der Waals surface area contributed by atoms with Crippen LogP contribution in [0.3, 0.4) is 0 Å². The maximum Gasteiger partial charge on any atom is 0.244 e. The van der Waals surface area contributed by atoms with Gasteiger partial charge in [-0.3, -0.25) is 4.79 Å². The molecule has 2 aliphatic rings. The second-order valence-electron chi connectivity index (χ2n) is 8.81. The molecular weight excluding hydrogens is 424 g/mol. The fourth-order valence-electron chi connectivity index (χ4n) is 4.98. The topological polar surface area (TPSA) is 77.9 Å². The first kappa shape index (κ1) is 22.6. The number of benzene rings is 2. The lowest BCUT2D eigenvalue weighted by Crippen LogP contribution is -2.49. The summed E-state index contributed by atoms with van der Waals surface area (Å²) in [7, 11) is -3.76. The number of rotatable bonds is 4. The number of aryl methyl sites for hydroxylation is 3. The van der Waals surface area contributed by atoms with Crippen molar-refractivity contribution in [3.05, 3.63) is 64.7 Å².